The van der Waals surface area contributed by atoms with Crippen molar-refractivity contribution in [3.63, 3.8) is 0 Å². The molecule has 8 heteroatoms. The number of ether oxygens (including phenoxy) is 1. The second-order valence-electron chi connectivity index (χ2n) is 8.43. The molecule has 2 atom stereocenters. The van der Waals surface area contributed by atoms with Crippen LogP contribution in [0, 0.1) is 13.8 Å². The third-order valence-corrected chi connectivity index (χ3v) is 6.06. The molecule has 0 bridgehead atoms. The van der Waals surface area contributed by atoms with Crippen LogP contribution in [0.15, 0.2) is 30.7 Å². The zero-order chi connectivity index (χ0) is 21.5. The van der Waals surface area contributed by atoms with Gasteiger partial charge in [-0.3, -0.25) is 4.57 Å². The topological polar surface area (TPSA) is 105 Å². The van der Waals surface area contributed by atoms with Crippen molar-refractivity contribution in [2.45, 2.75) is 58.2 Å². The fourth-order valence-electron chi connectivity index (χ4n) is 4.16. The van der Waals surface area contributed by atoms with E-state index in [0.717, 1.165) is 39.3 Å². The third-order valence-electron chi connectivity index (χ3n) is 6.06. The molecule has 3 N–H and O–H groups in total. The van der Waals surface area contributed by atoms with Gasteiger partial charge in [-0.05, 0) is 43.4 Å². The first-order valence-electron chi connectivity index (χ1n) is 10.7. The number of aryl methyl sites for hydroxylation is 1. The molecule has 0 amide bonds. The van der Waals surface area contributed by atoms with Crippen molar-refractivity contribution in [2.24, 2.45) is 0 Å². The van der Waals surface area contributed by atoms with E-state index in [1.807, 2.05) is 49.1 Å². The number of benzene rings is 1. The molecule has 0 spiro atoms. The minimum absolute atomic E-state index is 0.374. The van der Waals surface area contributed by atoms with Gasteiger partial charge in [-0.1, -0.05) is 12.1 Å². The number of nitrogens with one attached hydrogen (secondary N) is 1. The molecule has 162 valence electrons. The maximum absolute atomic E-state index is 10.7. The van der Waals surface area contributed by atoms with Crippen LogP contribution in [0.5, 0.6) is 0 Å². The molecule has 8 nitrogen and oxygen atoms in total. The lowest BCUT2D eigenvalue weighted by atomic mass is 9.95. The molecular formula is C23H27N5O3. The van der Waals surface area contributed by atoms with E-state index >= 15 is 0 Å². The highest BCUT2D eigenvalue weighted by Gasteiger charge is 2.29. The summed E-state index contributed by atoms with van der Waals surface area (Å²) in [6.45, 7) is 5.28. The number of rotatable bonds is 7. The second-order valence-corrected chi connectivity index (χ2v) is 8.43. The SMILES string of the molecule is Cc1cn(-c2ncc(CNC[C@H](O)c3ccc4c(c3C)COC4O)cn2)c(C2CC2)n1. The highest BCUT2D eigenvalue weighted by molar-refractivity contribution is 5.43. The van der Waals surface area contributed by atoms with Gasteiger partial charge in [-0.25, -0.2) is 15.0 Å². The Kier molecular flexibility index (Phi) is 5.31. The second kappa shape index (κ2) is 8.12. The summed E-state index contributed by atoms with van der Waals surface area (Å²) >= 11 is 0. The van der Waals surface area contributed by atoms with Crippen LogP contribution < -0.4 is 5.32 Å². The van der Waals surface area contributed by atoms with Gasteiger partial charge in [0, 0.05) is 48.7 Å². The van der Waals surface area contributed by atoms with Crippen LogP contribution in [0.2, 0.25) is 0 Å². The van der Waals surface area contributed by atoms with Gasteiger partial charge in [0.15, 0.2) is 6.29 Å². The molecular weight excluding hydrogens is 394 g/mol. The fourth-order valence-corrected chi connectivity index (χ4v) is 4.16. The number of aromatic nitrogens is 4. The first-order chi connectivity index (χ1) is 15.0. The third kappa shape index (κ3) is 3.99. The Balaban J connectivity index is 1.20. The number of hydrogen-bond donors (Lipinski definition) is 3. The van der Waals surface area contributed by atoms with E-state index < -0.39 is 12.4 Å². The van der Waals surface area contributed by atoms with Gasteiger partial charge in [0.25, 0.3) is 0 Å². The van der Waals surface area contributed by atoms with Crippen molar-refractivity contribution in [3.8, 4) is 5.95 Å². The Labute approximate surface area is 181 Å². The molecule has 0 radical (unpaired) electrons. The molecule has 1 unspecified atom stereocenters. The number of aliphatic hydroxyl groups excluding tert-OH is 2. The average Bonchev–Trinajstić information content (AvgIpc) is 3.44. The molecule has 1 fully saturated rings. The van der Waals surface area contributed by atoms with Crippen molar-refractivity contribution < 1.29 is 14.9 Å². The van der Waals surface area contributed by atoms with E-state index in [2.05, 4.69) is 20.3 Å². The standard InChI is InChI=1S/C23H27N5O3/c1-13-11-28(21(27-13)16-3-4-16)23-25-8-15(9-26-23)7-24-10-20(29)17-5-6-18-19(14(17)2)12-31-22(18)30/h5-6,8-9,11,16,20,22,24,29-30H,3-4,7,10,12H2,1-2H3/t20-,22?/m0/s1. The largest absolute Gasteiger partial charge is 0.387 e. The number of nitrogens with zero attached hydrogens (tertiary/aromatic N) is 4. The number of aliphatic hydroxyl groups is 2. The summed E-state index contributed by atoms with van der Waals surface area (Å²) < 4.78 is 7.27. The lowest BCUT2D eigenvalue weighted by molar-refractivity contribution is -0.0918. The summed E-state index contributed by atoms with van der Waals surface area (Å²) in [5.74, 6) is 2.22. The van der Waals surface area contributed by atoms with Crippen molar-refractivity contribution in [1.29, 1.82) is 0 Å². The summed E-state index contributed by atoms with van der Waals surface area (Å²) in [4.78, 5) is 13.7. The molecule has 2 aromatic heterocycles. The molecule has 1 aliphatic heterocycles. The van der Waals surface area contributed by atoms with Crippen LogP contribution in [0.3, 0.4) is 0 Å². The number of hydrogen-bond acceptors (Lipinski definition) is 7. The van der Waals surface area contributed by atoms with Crippen LogP contribution in [-0.2, 0) is 17.9 Å². The van der Waals surface area contributed by atoms with Crippen LogP contribution in [0.1, 0.15) is 70.5 Å². The fraction of sp³-hybridized carbons (Fsp3) is 0.435. The zero-order valence-electron chi connectivity index (χ0n) is 17.7. The zero-order valence-corrected chi connectivity index (χ0v) is 17.7. The Bertz CT molecular complexity index is 1090. The summed E-state index contributed by atoms with van der Waals surface area (Å²) in [6.07, 6.45) is 6.45. The Morgan fingerprint density at radius 3 is 2.74 bits per heavy atom. The number of imidazole rings is 1. The maximum Gasteiger partial charge on any atom is 0.235 e. The van der Waals surface area contributed by atoms with E-state index in [1.54, 1.807) is 0 Å². The first-order valence-corrected chi connectivity index (χ1v) is 10.7. The number of fused-ring (bicyclic) bond motifs is 1. The van der Waals surface area contributed by atoms with Crippen LogP contribution in [-0.4, -0.2) is 36.3 Å². The summed E-state index contributed by atoms with van der Waals surface area (Å²) in [6, 6.07) is 3.69. The smallest absolute Gasteiger partial charge is 0.235 e. The van der Waals surface area contributed by atoms with Gasteiger partial charge in [-0.2, -0.15) is 0 Å². The lowest BCUT2D eigenvalue weighted by Crippen LogP contribution is -2.22. The monoisotopic (exact) mass is 421 g/mol. The highest BCUT2D eigenvalue weighted by atomic mass is 16.6. The van der Waals surface area contributed by atoms with Crippen molar-refractivity contribution in [1.82, 2.24) is 24.8 Å². The van der Waals surface area contributed by atoms with Crippen LogP contribution in [0.25, 0.3) is 5.95 Å². The minimum atomic E-state index is -0.868. The molecule has 3 aromatic rings. The van der Waals surface area contributed by atoms with Gasteiger partial charge >= 0.3 is 0 Å². The van der Waals surface area contributed by atoms with Gasteiger partial charge < -0.3 is 20.3 Å². The highest BCUT2D eigenvalue weighted by Crippen LogP contribution is 2.40. The average molecular weight is 422 g/mol. The van der Waals surface area contributed by atoms with E-state index in [9.17, 15) is 10.2 Å². The molecule has 31 heavy (non-hydrogen) atoms. The quantitative estimate of drug-likeness (QED) is 0.538. The Morgan fingerprint density at radius 1 is 1.23 bits per heavy atom. The normalized spacial score (nSPS) is 18.9. The van der Waals surface area contributed by atoms with Crippen LogP contribution >= 0.6 is 0 Å². The van der Waals surface area contributed by atoms with Gasteiger partial charge in [-0.15, -0.1) is 0 Å². The summed E-state index contributed by atoms with van der Waals surface area (Å²) in [7, 11) is 0. The summed E-state index contributed by atoms with van der Waals surface area (Å²) in [5.41, 5.74) is 5.50. The Hall–Kier alpha value is -2.65. The van der Waals surface area contributed by atoms with E-state index in [4.69, 9.17) is 4.74 Å². The Morgan fingerprint density at radius 2 is 2.00 bits per heavy atom. The van der Waals surface area contributed by atoms with Gasteiger partial charge in [0.05, 0.1) is 18.4 Å². The van der Waals surface area contributed by atoms with Crippen LogP contribution in [0.4, 0.5) is 0 Å². The maximum atomic E-state index is 10.7. The molecule has 2 aliphatic rings. The van der Waals surface area contributed by atoms with E-state index in [-0.39, 0.29) is 0 Å². The molecule has 1 aromatic carbocycles. The first kappa shape index (κ1) is 20.3. The lowest BCUT2D eigenvalue weighted by Gasteiger charge is -2.17. The molecule has 3 heterocycles. The molecule has 0 saturated heterocycles. The predicted octanol–water partition coefficient (Wildman–Crippen LogP) is 2.50. The van der Waals surface area contributed by atoms with Crippen molar-refractivity contribution in [2.75, 3.05) is 6.54 Å². The molecule has 1 saturated carbocycles. The molecule has 5 rings (SSSR count). The van der Waals surface area contributed by atoms with Gasteiger partial charge in [0.1, 0.15) is 5.82 Å². The molecule has 1 aliphatic carbocycles. The summed E-state index contributed by atoms with van der Waals surface area (Å²) in [5, 5.41) is 23.8. The predicted molar refractivity (Wildman–Crippen MR) is 113 cm³/mol. The van der Waals surface area contributed by atoms with E-state index in [1.165, 1.54) is 12.8 Å². The minimum Gasteiger partial charge on any atom is -0.387 e. The van der Waals surface area contributed by atoms with E-state index in [0.29, 0.717) is 31.6 Å². The van der Waals surface area contributed by atoms with Crippen molar-refractivity contribution >= 4 is 0 Å². The van der Waals surface area contributed by atoms with Gasteiger partial charge in [0.2, 0.25) is 5.95 Å². The van der Waals surface area contributed by atoms with Crippen molar-refractivity contribution in [3.05, 3.63) is 70.1 Å².